The number of nitrogens with zero attached hydrogens (tertiary/aromatic N) is 4. The van der Waals surface area contributed by atoms with Crippen LogP contribution in [0.2, 0.25) is 0 Å². The molecule has 3 rings (SSSR count). The summed E-state index contributed by atoms with van der Waals surface area (Å²) in [6.07, 6.45) is 0. The molecular weight excluding hydrogens is 366 g/mol. The van der Waals surface area contributed by atoms with Gasteiger partial charge in [-0.05, 0) is 40.5 Å². The zero-order chi connectivity index (χ0) is 15.9. The quantitative estimate of drug-likeness (QED) is 0.753. The number of carbonyl (C=O) groups excluding carboxylic acids is 1. The predicted octanol–water partition coefficient (Wildman–Crippen LogP) is 3.63. The second kappa shape index (κ2) is 5.77. The number of aryl methyl sites for hydroxylation is 1. The monoisotopic (exact) mass is 379 g/mol. The molecule has 22 heavy (non-hydrogen) atoms. The number of carbonyl (C=O) groups is 1. The molecule has 8 heteroatoms. The largest absolute Gasteiger partial charge is 0.319 e. The molecule has 0 aliphatic rings. The van der Waals surface area contributed by atoms with E-state index in [1.807, 2.05) is 39.0 Å². The fourth-order valence-corrected chi connectivity index (χ4v) is 3.32. The van der Waals surface area contributed by atoms with E-state index in [2.05, 4.69) is 36.5 Å². The fourth-order valence-electron chi connectivity index (χ4n) is 1.98. The lowest BCUT2D eigenvalue weighted by Gasteiger charge is -2.06. The standard InChI is InChI=1S/C14H14BrN5OS/c1-7(2)11-17-18-14-20(11)19-13(22-14)12(21)16-10-5-4-8(3)6-9(10)15/h4-7H,1-3H3,(H,16,21). The molecule has 1 amide bonds. The molecule has 3 aromatic rings. The fraction of sp³-hybridized carbons (Fsp3) is 0.286. The van der Waals surface area contributed by atoms with E-state index in [0.29, 0.717) is 15.7 Å². The van der Waals surface area contributed by atoms with E-state index in [-0.39, 0.29) is 11.8 Å². The molecule has 1 aromatic carbocycles. The molecule has 2 aromatic heterocycles. The van der Waals surface area contributed by atoms with Crippen molar-refractivity contribution in [3.63, 3.8) is 0 Å². The van der Waals surface area contributed by atoms with Crippen molar-refractivity contribution < 1.29 is 4.79 Å². The predicted molar refractivity (Wildman–Crippen MR) is 89.6 cm³/mol. The second-order valence-electron chi connectivity index (χ2n) is 5.25. The lowest BCUT2D eigenvalue weighted by atomic mass is 10.2. The number of rotatable bonds is 3. The third-order valence-electron chi connectivity index (χ3n) is 3.10. The Labute approximate surface area is 139 Å². The maximum atomic E-state index is 12.4. The van der Waals surface area contributed by atoms with Crippen LogP contribution < -0.4 is 5.32 Å². The highest BCUT2D eigenvalue weighted by molar-refractivity contribution is 9.10. The molecule has 0 unspecified atom stereocenters. The van der Waals surface area contributed by atoms with E-state index in [1.54, 1.807) is 4.52 Å². The van der Waals surface area contributed by atoms with Gasteiger partial charge in [-0.25, -0.2) is 0 Å². The van der Waals surface area contributed by atoms with Gasteiger partial charge in [0, 0.05) is 10.4 Å². The number of halogens is 1. The molecule has 0 fully saturated rings. The van der Waals surface area contributed by atoms with Crippen LogP contribution in [0.1, 0.15) is 41.0 Å². The minimum absolute atomic E-state index is 0.194. The highest BCUT2D eigenvalue weighted by Gasteiger charge is 2.18. The topological polar surface area (TPSA) is 72.2 Å². The first-order valence-corrected chi connectivity index (χ1v) is 8.36. The second-order valence-corrected chi connectivity index (χ2v) is 7.06. The summed E-state index contributed by atoms with van der Waals surface area (Å²) >= 11 is 4.67. The van der Waals surface area contributed by atoms with Crippen molar-refractivity contribution in [1.29, 1.82) is 0 Å². The molecule has 0 radical (unpaired) electrons. The highest BCUT2D eigenvalue weighted by atomic mass is 79.9. The van der Waals surface area contributed by atoms with Gasteiger partial charge >= 0.3 is 0 Å². The summed E-state index contributed by atoms with van der Waals surface area (Å²) in [5.41, 5.74) is 1.83. The normalized spacial score (nSPS) is 11.3. The van der Waals surface area contributed by atoms with Gasteiger partial charge in [-0.2, -0.15) is 4.52 Å². The first kappa shape index (κ1) is 15.1. The van der Waals surface area contributed by atoms with E-state index in [4.69, 9.17) is 0 Å². The Morgan fingerprint density at radius 1 is 1.36 bits per heavy atom. The molecule has 0 aliphatic carbocycles. The minimum Gasteiger partial charge on any atom is -0.319 e. The van der Waals surface area contributed by atoms with E-state index in [9.17, 15) is 4.79 Å². The van der Waals surface area contributed by atoms with E-state index < -0.39 is 0 Å². The first-order valence-electron chi connectivity index (χ1n) is 6.75. The van der Waals surface area contributed by atoms with Gasteiger partial charge in [-0.1, -0.05) is 31.3 Å². The third kappa shape index (κ3) is 2.76. The van der Waals surface area contributed by atoms with Crippen LogP contribution in [0.5, 0.6) is 0 Å². The summed E-state index contributed by atoms with van der Waals surface area (Å²) in [5, 5.41) is 15.7. The molecule has 2 heterocycles. The minimum atomic E-state index is -0.255. The molecule has 114 valence electrons. The molecule has 0 aliphatic heterocycles. The lowest BCUT2D eigenvalue weighted by molar-refractivity contribution is 0.102. The third-order valence-corrected chi connectivity index (χ3v) is 4.65. The van der Waals surface area contributed by atoms with Gasteiger partial charge in [0.1, 0.15) is 0 Å². The maximum Gasteiger partial charge on any atom is 0.286 e. The van der Waals surface area contributed by atoms with Crippen LogP contribution in [0, 0.1) is 6.92 Å². The van der Waals surface area contributed by atoms with Gasteiger partial charge in [-0.15, -0.1) is 15.3 Å². The van der Waals surface area contributed by atoms with E-state index >= 15 is 0 Å². The Bertz CT molecular complexity index is 854. The summed E-state index contributed by atoms with van der Waals surface area (Å²) in [5.74, 6) is 0.691. The van der Waals surface area contributed by atoms with Gasteiger partial charge in [0.15, 0.2) is 5.82 Å². The van der Waals surface area contributed by atoms with Crippen molar-refractivity contribution >= 4 is 43.8 Å². The van der Waals surface area contributed by atoms with Crippen LogP contribution in [-0.2, 0) is 0 Å². The average Bonchev–Trinajstić information content (AvgIpc) is 3.01. The molecule has 1 N–H and O–H groups in total. The van der Waals surface area contributed by atoms with Gasteiger partial charge in [-0.3, -0.25) is 4.79 Å². The molecule has 0 spiro atoms. The van der Waals surface area contributed by atoms with Crippen molar-refractivity contribution in [3.05, 3.63) is 39.1 Å². The number of amides is 1. The van der Waals surface area contributed by atoms with Crippen LogP contribution in [-0.4, -0.2) is 25.7 Å². The molecule has 0 saturated heterocycles. The van der Waals surface area contributed by atoms with Crippen molar-refractivity contribution in [1.82, 2.24) is 19.8 Å². The maximum absolute atomic E-state index is 12.4. The molecule has 0 saturated carbocycles. The Morgan fingerprint density at radius 3 is 2.82 bits per heavy atom. The smallest absolute Gasteiger partial charge is 0.286 e. The van der Waals surface area contributed by atoms with Crippen molar-refractivity contribution in [3.8, 4) is 0 Å². The van der Waals surface area contributed by atoms with Crippen LogP contribution in [0.15, 0.2) is 22.7 Å². The van der Waals surface area contributed by atoms with Crippen LogP contribution in [0.4, 0.5) is 5.69 Å². The number of nitrogens with one attached hydrogen (secondary N) is 1. The Hall–Kier alpha value is -1.80. The van der Waals surface area contributed by atoms with Gasteiger partial charge < -0.3 is 5.32 Å². The number of aromatic nitrogens is 4. The van der Waals surface area contributed by atoms with Crippen molar-refractivity contribution in [2.75, 3.05) is 5.32 Å². The van der Waals surface area contributed by atoms with Crippen molar-refractivity contribution in [2.24, 2.45) is 0 Å². The number of hydrogen-bond donors (Lipinski definition) is 1. The van der Waals surface area contributed by atoms with Crippen molar-refractivity contribution in [2.45, 2.75) is 26.7 Å². The number of benzene rings is 1. The molecule has 0 atom stereocenters. The van der Waals surface area contributed by atoms with Crippen LogP contribution >= 0.6 is 27.3 Å². The number of hydrogen-bond acceptors (Lipinski definition) is 5. The Balaban J connectivity index is 1.89. The molecule has 6 nitrogen and oxygen atoms in total. The zero-order valence-electron chi connectivity index (χ0n) is 12.3. The van der Waals surface area contributed by atoms with Crippen LogP contribution in [0.25, 0.3) is 4.96 Å². The summed E-state index contributed by atoms with van der Waals surface area (Å²) in [4.78, 5) is 13.0. The van der Waals surface area contributed by atoms with E-state index in [1.165, 1.54) is 11.3 Å². The number of anilines is 1. The average molecular weight is 380 g/mol. The van der Waals surface area contributed by atoms with E-state index in [0.717, 1.165) is 15.9 Å². The summed E-state index contributed by atoms with van der Waals surface area (Å²) < 4.78 is 2.47. The Kier molecular flexibility index (Phi) is 3.96. The van der Waals surface area contributed by atoms with Gasteiger partial charge in [0.25, 0.3) is 5.91 Å². The zero-order valence-corrected chi connectivity index (χ0v) is 14.7. The lowest BCUT2D eigenvalue weighted by Crippen LogP contribution is -2.13. The number of fused-ring (bicyclic) bond motifs is 1. The molecular formula is C14H14BrN5OS. The summed E-state index contributed by atoms with van der Waals surface area (Å²) in [6.45, 7) is 6.02. The molecule has 0 bridgehead atoms. The highest BCUT2D eigenvalue weighted by Crippen LogP contribution is 2.25. The van der Waals surface area contributed by atoms with Gasteiger partial charge in [0.2, 0.25) is 9.97 Å². The summed E-state index contributed by atoms with van der Waals surface area (Å²) in [6, 6.07) is 5.75. The SMILES string of the molecule is Cc1ccc(NC(=O)c2nn3c(C(C)C)nnc3s2)c(Br)c1. The van der Waals surface area contributed by atoms with Gasteiger partial charge in [0.05, 0.1) is 5.69 Å². The van der Waals surface area contributed by atoms with Crippen LogP contribution in [0.3, 0.4) is 0 Å². The first-order chi connectivity index (χ1) is 10.5. The summed E-state index contributed by atoms with van der Waals surface area (Å²) in [7, 11) is 0. The Morgan fingerprint density at radius 2 is 2.14 bits per heavy atom.